The molecule has 1 aromatic carbocycles. The largest absolute Gasteiger partial charge is 0.493 e. The Morgan fingerprint density at radius 2 is 2.09 bits per heavy atom. The fourth-order valence-electron chi connectivity index (χ4n) is 3.01. The Morgan fingerprint density at radius 3 is 2.96 bits per heavy atom. The van der Waals surface area contributed by atoms with E-state index in [0.29, 0.717) is 11.6 Å². The first-order valence-corrected chi connectivity index (χ1v) is 8.73. The van der Waals surface area contributed by atoms with Gasteiger partial charge >= 0.3 is 0 Å². The van der Waals surface area contributed by atoms with Crippen LogP contribution < -0.4 is 10.3 Å². The summed E-state index contributed by atoms with van der Waals surface area (Å²) >= 11 is 1.44. The molecular weight excluding hydrogens is 310 g/mol. The number of fused-ring (bicyclic) bond motifs is 2. The number of nitrogens with zero attached hydrogens (tertiary/aromatic N) is 3. The number of benzene rings is 1. The molecule has 0 bridgehead atoms. The lowest BCUT2D eigenvalue weighted by molar-refractivity contribution is 0.341. The maximum absolute atomic E-state index is 12.7. The third-order valence-electron chi connectivity index (χ3n) is 4.10. The van der Waals surface area contributed by atoms with E-state index in [1.807, 2.05) is 31.2 Å². The van der Waals surface area contributed by atoms with Crippen molar-refractivity contribution in [3.05, 3.63) is 45.9 Å². The van der Waals surface area contributed by atoms with Crippen molar-refractivity contribution in [1.29, 1.82) is 0 Å². The molecular formula is C17H17N3O2S. The van der Waals surface area contributed by atoms with Crippen LogP contribution in [0, 0.1) is 0 Å². The average Bonchev–Trinajstić information content (AvgIpc) is 3.00. The number of aromatic nitrogens is 3. The molecule has 6 heteroatoms. The topological polar surface area (TPSA) is 56.5 Å². The van der Waals surface area contributed by atoms with Gasteiger partial charge in [-0.2, -0.15) is 9.61 Å². The normalized spacial score (nSPS) is 14.0. The van der Waals surface area contributed by atoms with Crippen LogP contribution in [0.25, 0.3) is 15.5 Å². The Morgan fingerprint density at radius 1 is 1.26 bits per heavy atom. The minimum absolute atomic E-state index is 0.0129. The quantitative estimate of drug-likeness (QED) is 0.742. The molecule has 0 atom stereocenters. The van der Waals surface area contributed by atoms with Gasteiger partial charge in [0.2, 0.25) is 4.96 Å². The van der Waals surface area contributed by atoms with Gasteiger partial charge in [0.25, 0.3) is 5.56 Å². The third kappa shape index (κ3) is 2.43. The highest BCUT2D eigenvalue weighted by atomic mass is 32.1. The van der Waals surface area contributed by atoms with Crippen molar-refractivity contribution in [2.45, 2.75) is 32.6 Å². The molecule has 0 fully saturated rings. The zero-order chi connectivity index (χ0) is 15.8. The predicted molar refractivity (Wildman–Crippen MR) is 90.4 cm³/mol. The lowest BCUT2D eigenvalue weighted by atomic mass is 9.97. The highest BCUT2D eigenvalue weighted by molar-refractivity contribution is 7.19. The SMILES string of the molecule is CCOc1ccccc1-c1nn2c(=O)c3c(nc2s1)CCCC3. The zero-order valence-corrected chi connectivity index (χ0v) is 13.7. The molecule has 5 nitrogen and oxygen atoms in total. The summed E-state index contributed by atoms with van der Waals surface area (Å²) in [6, 6.07) is 7.77. The second-order valence-electron chi connectivity index (χ2n) is 5.58. The molecule has 2 aromatic heterocycles. The van der Waals surface area contributed by atoms with E-state index in [2.05, 4.69) is 10.1 Å². The molecule has 23 heavy (non-hydrogen) atoms. The van der Waals surface area contributed by atoms with Crippen molar-refractivity contribution in [2.24, 2.45) is 0 Å². The van der Waals surface area contributed by atoms with E-state index in [1.165, 1.54) is 15.9 Å². The second-order valence-corrected chi connectivity index (χ2v) is 6.54. The number of hydrogen-bond acceptors (Lipinski definition) is 5. The number of ether oxygens (including phenoxy) is 1. The summed E-state index contributed by atoms with van der Waals surface area (Å²) in [4.78, 5) is 18.0. The monoisotopic (exact) mass is 327 g/mol. The molecule has 0 spiro atoms. The van der Waals surface area contributed by atoms with Crippen LogP contribution in [-0.4, -0.2) is 21.2 Å². The number of para-hydroxylation sites is 1. The van der Waals surface area contributed by atoms with Crippen molar-refractivity contribution in [3.63, 3.8) is 0 Å². The summed E-state index contributed by atoms with van der Waals surface area (Å²) in [5, 5.41) is 5.28. The smallest absolute Gasteiger partial charge is 0.278 e. The van der Waals surface area contributed by atoms with Gasteiger partial charge in [-0.15, -0.1) is 0 Å². The molecule has 0 amide bonds. The van der Waals surface area contributed by atoms with Gasteiger partial charge in [0, 0.05) is 5.56 Å². The summed E-state index contributed by atoms with van der Waals surface area (Å²) in [6.45, 7) is 2.55. The van der Waals surface area contributed by atoms with Gasteiger partial charge < -0.3 is 4.74 Å². The first-order valence-electron chi connectivity index (χ1n) is 7.91. The van der Waals surface area contributed by atoms with Crippen molar-refractivity contribution >= 4 is 16.3 Å². The summed E-state index contributed by atoms with van der Waals surface area (Å²) in [7, 11) is 0. The Labute approximate surface area is 137 Å². The number of aryl methyl sites for hydroxylation is 1. The molecule has 0 radical (unpaired) electrons. The van der Waals surface area contributed by atoms with Crippen molar-refractivity contribution in [3.8, 4) is 16.3 Å². The highest BCUT2D eigenvalue weighted by Gasteiger charge is 2.20. The van der Waals surface area contributed by atoms with Crippen LogP contribution in [-0.2, 0) is 12.8 Å². The molecule has 0 saturated carbocycles. The molecule has 3 aromatic rings. The Balaban J connectivity index is 1.90. The van der Waals surface area contributed by atoms with Crippen LogP contribution in [0.15, 0.2) is 29.1 Å². The Kier molecular flexibility index (Phi) is 3.61. The van der Waals surface area contributed by atoms with Gasteiger partial charge in [0.15, 0.2) is 5.01 Å². The van der Waals surface area contributed by atoms with Gasteiger partial charge in [0.1, 0.15) is 5.75 Å². The standard InChI is InChI=1S/C17H17N3O2S/c1-2-22-14-10-6-4-8-12(14)15-19-20-16(21)11-7-3-5-9-13(11)18-17(20)23-15/h4,6,8,10H,2-3,5,7,9H2,1H3. The third-order valence-corrected chi connectivity index (χ3v) is 5.04. The van der Waals surface area contributed by atoms with Gasteiger partial charge in [-0.1, -0.05) is 23.5 Å². The first kappa shape index (κ1) is 14.4. The van der Waals surface area contributed by atoms with Crippen LogP contribution in [0.4, 0.5) is 0 Å². The molecule has 1 aliphatic carbocycles. The molecule has 118 valence electrons. The average molecular weight is 327 g/mol. The van der Waals surface area contributed by atoms with Gasteiger partial charge in [-0.25, -0.2) is 4.98 Å². The Bertz CT molecular complexity index is 929. The van der Waals surface area contributed by atoms with Crippen LogP contribution >= 0.6 is 11.3 Å². The zero-order valence-electron chi connectivity index (χ0n) is 12.9. The molecule has 4 rings (SSSR count). The molecule has 0 aliphatic heterocycles. The van der Waals surface area contributed by atoms with E-state index < -0.39 is 0 Å². The summed E-state index contributed by atoms with van der Waals surface area (Å²) in [5.74, 6) is 0.784. The molecule has 0 saturated heterocycles. The van der Waals surface area contributed by atoms with E-state index in [9.17, 15) is 4.79 Å². The minimum atomic E-state index is -0.0129. The summed E-state index contributed by atoms with van der Waals surface area (Å²) < 4.78 is 7.13. The van der Waals surface area contributed by atoms with E-state index in [0.717, 1.165) is 53.3 Å². The molecule has 0 N–H and O–H groups in total. The highest BCUT2D eigenvalue weighted by Crippen LogP contribution is 2.32. The van der Waals surface area contributed by atoms with Crippen molar-refractivity contribution in [1.82, 2.24) is 14.6 Å². The first-order chi connectivity index (χ1) is 11.3. The van der Waals surface area contributed by atoms with Crippen LogP contribution in [0.3, 0.4) is 0 Å². The number of hydrogen-bond donors (Lipinski definition) is 0. The van der Waals surface area contributed by atoms with E-state index in [4.69, 9.17) is 4.74 Å². The van der Waals surface area contributed by atoms with E-state index >= 15 is 0 Å². The van der Waals surface area contributed by atoms with E-state index in [1.54, 1.807) is 0 Å². The minimum Gasteiger partial charge on any atom is -0.493 e. The molecule has 1 aliphatic rings. The summed E-state index contributed by atoms with van der Waals surface area (Å²) in [6.07, 6.45) is 3.87. The van der Waals surface area contributed by atoms with Crippen LogP contribution in [0.5, 0.6) is 5.75 Å². The maximum atomic E-state index is 12.7. The Hall–Kier alpha value is -2.21. The lowest BCUT2D eigenvalue weighted by Crippen LogP contribution is -2.24. The van der Waals surface area contributed by atoms with E-state index in [-0.39, 0.29) is 5.56 Å². The number of rotatable bonds is 3. The molecule has 2 heterocycles. The van der Waals surface area contributed by atoms with Gasteiger partial charge in [-0.05, 0) is 44.7 Å². The van der Waals surface area contributed by atoms with Gasteiger partial charge in [-0.3, -0.25) is 4.79 Å². The molecule has 0 unspecified atom stereocenters. The maximum Gasteiger partial charge on any atom is 0.278 e. The lowest BCUT2D eigenvalue weighted by Gasteiger charge is -2.12. The fourth-order valence-corrected chi connectivity index (χ4v) is 3.95. The fraction of sp³-hybridized carbons (Fsp3) is 0.353. The second kappa shape index (κ2) is 5.77. The van der Waals surface area contributed by atoms with Crippen LogP contribution in [0.1, 0.15) is 31.0 Å². The summed E-state index contributed by atoms with van der Waals surface area (Å²) in [5.41, 5.74) is 2.68. The van der Waals surface area contributed by atoms with Crippen molar-refractivity contribution in [2.75, 3.05) is 6.61 Å². The predicted octanol–water partition coefficient (Wildman–Crippen LogP) is 3.10. The van der Waals surface area contributed by atoms with Gasteiger partial charge in [0.05, 0.1) is 17.9 Å². The van der Waals surface area contributed by atoms with Crippen LogP contribution in [0.2, 0.25) is 0 Å². The van der Waals surface area contributed by atoms with Crippen molar-refractivity contribution < 1.29 is 4.74 Å².